The summed E-state index contributed by atoms with van der Waals surface area (Å²) in [5.41, 5.74) is 0.284. The Labute approximate surface area is 113 Å². The first kappa shape index (κ1) is 13.7. The van der Waals surface area contributed by atoms with Gasteiger partial charge in [0.2, 0.25) is 0 Å². The second kappa shape index (κ2) is 5.93. The molecule has 2 rings (SSSR count). The van der Waals surface area contributed by atoms with Crippen LogP contribution in [0, 0.1) is 0 Å². The number of benzene rings is 1. The third-order valence-electron chi connectivity index (χ3n) is 3.41. The highest BCUT2D eigenvalue weighted by Gasteiger charge is 2.21. The smallest absolute Gasteiger partial charge is 0.255 e. The molecule has 0 bridgehead atoms. The number of methoxy groups -OCH3 is 1. The lowest BCUT2D eigenvalue weighted by Crippen LogP contribution is -2.46. The molecular weight excluding hydrogens is 244 g/mol. The molecule has 104 valence electrons. The Kier molecular flexibility index (Phi) is 4.27. The van der Waals surface area contributed by atoms with Crippen molar-refractivity contribution in [3.05, 3.63) is 23.8 Å². The molecule has 0 radical (unpaired) electrons. The minimum absolute atomic E-state index is 0.0566. The lowest BCUT2D eigenvalue weighted by molar-refractivity contribution is 0.0923. The van der Waals surface area contributed by atoms with Crippen molar-refractivity contribution in [3.63, 3.8) is 0 Å². The van der Waals surface area contributed by atoms with E-state index in [1.54, 1.807) is 12.1 Å². The largest absolute Gasteiger partial charge is 0.507 e. The summed E-state index contributed by atoms with van der Waals surface area (Å²) in [6.07, 6.45) is 1.82. The number of ether oxygens (including phenoxy) is 1. The molecule has 1 aliphatic rings. The first-order valence-electron chi connectivity index (χ1n) is 6.51. The van der Waals surface area contributed by atoms with Crippen molar-refractivity contribution >= 4 is 5.91 Å². The average molecular weight is 264 g/mol. The molecule has 5 heteroatoms. The van der Waals surface area contributed by atoms with Crippen LogP contribution in [-0.4, -0.2) is 36.8 Å². The predicted molar refractivity (Wildman–Crippen MR) is 72.6 cm³/mol. The van der Waals surface area contributed by atoms with Gasteiger partial charge in [0, 0.05) is 18.2 Å². The van der Waals surface area contributed by atoms with Gasteiger partial charge >= 0.3 is 0 Å². The van der Waals surface area contributed by atoms with Crippen molar-refractivity contribution in [3.8, 4) is 11.5 Å². The standard InChI is InChI=1S/C14H20N2O3/c1-9-7-10(5-6-15-9)16-14(18)12-4-3-11(19-2)8-13(12)17/h3-4,8-10,15,17H,5-7H2,1-2H3,(H,16,18). The second-order valence-corrected chi connectivity index (χ2v) is 4.93. The van der Waals surface area contributed by atoms with Gasteiger partial charge < -0.3 is 20.5 Å². The summed E-state index contributed by atoms with van der Waals surface area (Å²) >= 11 is 0. The van der Waals surface area contributed by atoms with Gasteiger partial charge in [-0.3, -0.25) is 4.79 Å². The molecule has 0 saturated carbocycles. The number of carbonyl (C=O) groups is 1. The number of hydrogen-bond donors (Lipinski definition) is 3. The summed E-state index contributed by atoms with van der Waals surface area (Å²) in [6, 6.07) is 5.25. The van der Waals surface area contributed by atoms with Crippen molar-refractivity contribution < 1.29 is 14.6 Å². The fourth-order valence-electron chi connectivity index (χ4n) is 2.36. The monoisotopic (exact) mass is 264 g/mol. The van der Waals surface area contributed by atoms with E-state index in [2.05, 4.69) is 17.6 Å². The van der Waals surface area contributed by atoms with Gasteiger partial charge in [-0.1, -0.05) is 0 Å². The lowest BCUT2D eigenvalue weighted by atomic mass is 10.00. The minimum atomic E-state index is -0.237. The van der Waals surface area contributed by atoms with Crippen molar-refractivity contribution in [1.82, 2.24) is 10.6 Å². The Balaban J connectivity index is 2.03. The molecular formula is C14H20N2O3. The van der Waals surface area contributed by atoms with E-state index in [4.69, 9.17) is 4.74 Å². The molecule has 0 aromatic heterocycles. The van der Waals surface area contributed by atoms with Crippen LogP contribution < -0.4 is 15.4 Å². The quantitative estimate of drug-likeness (QED) is 0.769. The number of carbonyl (C=O) groups excluding carboxylic acids is 1. The number of rotatable bonds is 3. The van der Waals surface area contributed by atoms with Crippen molar-refractivity contribution in [2.24, 2.45) is 0 Å². The highest BCUT2D eigenvalue weighted by atomic mass is 16.5. The Hall–Kier alpha value is -1.75. The molecule has 1 saturated heterocycles. The maximum Gasteiger partial charge on any atom is 0.255 e. The van der Waals surface area contributed by atoms with Gasteiger partial charge in [0.15, 0.2) is 0 Å². The van der Waals surface area contributed by atoms with E-state index in [1.165, 1.54) is 13.2 Å². The summed E-state index contributed by atoms with van der Waals surface area (Å²) in [7, 11) is 1.52. The molecule has 1 aliphatic heterocycles. The normalized spacial score (nSPS) is 22.8. The van der Waals surface area contributed by atoms with Crippen molar-refractivity contribution in [1.29, 1.82) is 0 Å². The average Bonchev–Trinajstić information content (AvgIpc) is 2.38. The van der Waals surface area contributed by atoms with Gasteiger partial charge in [-0.15, -0.1) is 0 Å². The van der Waals surface area contributed by atoms with E-state index in [-0.39, 0.29) is 23.3 Å². The molecule has 19 heavy (non-hydrogen) atoms. The third-order valence-corrected chi connectivity index (χ3v) is 3.41. The van der Waals surface area contributed by atoms with Crippen LogP contribution in [0.2, 0.25) is 0 Å². The second-order valence-electron chi connectivity index (χ2n) is 4.93. The molecule has 3 N–H and O–H groups in total. The molecule has 1 aromatic carbocycles. The van der Waals surface area contributed by atoms with Gasteiger partial charge in [0.25, 0.3) is 5.91 Å². The summed E-state index contributed by atoms with van der Waals surface area (Å²) in [6.45, 7) is 3.00. The number of nitrogens with one attached hydrogen (secondary N) is 2. The number of amides is 1. The highest BCUT2D eigenvalue weighted by Crippen LogP contribution is 2.23. The zero-order valence-corrected chi connectivity index (χ0v) is 11.3. The maximum atomic E-state index is 12.1. The molecule has 2 atom stereocenters. The molecule has 1 aromatic rings. The first-order chi connectivity index (χ1) is 9.10. The van der Waals surface area contributed by atoms with E-state index >= 15 is 0 Å². The zero-order valence-electron chi connectivity index (χ0n) is 11.3. The Morgan fingerprint density at radius 3 is 2.95 bits per heavy atom. The summed E-state index contributed by atoms with van der Waals surface area (Å²) in [5.74, 6) is 0.239. The van der Waals surface area contributed by atoms with E-state index in [0.717, 1.165) is 19.4 Å². The van der Waals surface area contributed by atoms with E-state index < -0.39 is 0 Å². The molecule has 2 unspecified atom stereocenters. The Morgan fingerprint density at radius 2 is 2.32 bits per heavy atom. The van der Waals surface area contributed by atoms with Crippen LogP contribution in [0.3, 0.4) is 0 Å². The van der Waals surface area contributed by atoms with Crippen LogP contribution in [0.25, 0.3) is 0 Å². The molecule has 5 nitrogen and oxygen atoms in total. The molecule has 1 fully saturated rings. The minimum Gasteiger partial charge on any atom is -0.507 e. The predicted octanol–water partition coefficient (Wildman–Crippen LogP) is 1.27. The number of aromatic hydroxyl groups is 1. The van der Waals surface area contributed by atoms with E-state index in [1.807, 2.05) is 0 Å². The van der Waals surface area contributed by atoms with Crippen LogP contribution in [0.4, 0.5) is 0 Å². The van der Waals surface area contributed by atoms with Gasteiger partial charge in [-0.25, -0.2) is 0 Å². The lowest BCUT2D eigenvalue weighted by Gasteiger charge is -2.28. The van der Waals surface area contributed by atoms with Crippen LogP contribution in [-0.2, 0) is 0 Å². The third kappa shape index (κ3) is 3.38. The number of hydrogen-bond acceptors (Lipinski definition) is 4. The van der Waals surface area contributed by atoms with Crippen LogP contribution in [0.1, 0.15) is 30.1 Å². The Bertz CT molecular complexity index is 462. The van der Waals surface area contributed by atoms with Crippen LogP contribution in [0.15, 0.2) is 18.2 Å². The van der Waals surface area contributed by atoms with E-state index in [9.17, 15) is 9.90 Å². The van der Waals surface area contributed by atoms with E-state index in [0.29, 0.717) is 11.8 Å². The van der Waals surface area contributed by atoms with Gasteiger partial charge in [0.05, 0.1) is 12.7 Å². The molecule has 1 heterocycles. The van der Waals surface area contributed by atoms with Crippen molar-refractivity contribution in [2.75, 3.05) is 13.7 Å². The molecule has 0 aliphatic carbocycles. The van der Waals surface area contributed by atoms with Gasteiger partial charge in [-0.05, 0) is 38.4 Å². The zero-order chi connectivity index (χ0) is 13.8. The Morgan fingerprint density at radius 1 is 1.53 bits per heavy atom. The topological polar surface area (TPSA) is 70.6 Å². The SMILES string of the molecule is COc1ccc(C(=O)NC2CCNC(C)C2)c(O)c1. The summed E-state index contributed by atoms with van der Waals surface area (Å²) in [5, 5.41) is 16.1. The number of piperidine rings is 1. The van der Waals surface area contributed by atoms with Crippen molar-refractivity contribution in [2.45, 2.75) is 31.8 Å². The number of phenols is 1. The molecule has 0 spiro atoms. The number of phenolic OH excluding ortho intramolecular Hbond substituents is 1. The first-order valence-corrected chi connectivity index (χ1v) is 6.51. The maximum absolute atomic E-state index is 12.1. The highest BCUT2D eigenvalue weighted by molar-refractivity contribution is 5.97. The van der Waals surface area contributed by atoms with Gasteiger partial charge in [0.1, 0.15) is 11.5 Å². The van der Waals surface area contributed by atoms with Crippen LogP contribution >= 0.6 is 0 Å². The molecule has 1 amide bonds. The van der Waals surface area contributed by atoms with Gasteiger partial charge in [-0.2, -0.15) is 0 Å². The fourth-order valence-corrected chi connectivity index (χ4v) is 2.36. The van der Waals surface area contributed by atoms with Crippen LogP contribution in [0.5, 0.6) is 11.5 Å². The fraction of sp³-hybridized carbons (Fsp3) is 0.500. The summed E-state index contributed by atoms with van der Waals surface area (Å²) < 4.78 is 4.99. The summed E-state index contributed by atoms with van der Waals surface area (Å²) in [4.78, 5) is 12.1.